The predicted molar refractivity (Wildman–Crippen MR) is 101 cm³/mol. The molecule has 136 valence electrons. The lowest BCUT2D eigenvalue weighted by atomic mass is 10.1. The maximum Gasteiger partial charge on any atom is 0.319 e. The highest BCUT2D eigenvalue weighted by molar-refractivity contribution is 6.29. The third kappa shape index (κ3) is 4.52. The van der Waals surface area contributed by atoms with Gasteiger partial charge in [-0.05, 0) is 36.6 Å². The lowest BCUT2D eigenvalue weighted by Gasteiger charge is -2.18. The van der Waals surface area contributed by atoms with E-state index in [2.05, 4.69) is 15.6 Å². The van der Waals surface area contributed by atoms with E-state index < -0.39 is 0 Å². The predicted octanol–water partition coefficient (Wildman–Crippen LogP) is 3.49. The number of carbonyl (C=O) groups excluding carboxylic acids is 2. The third-order valence-corrected chi connectivity index (χ3v) is 4.60. The minimum atomic E-state index is -0.315. The fourth-order valence-electron chi connectivity index (χ4n) is 2.97. The number of aryl methyl sites for hydroxylation is 1. The first-order valence-electron chi connectivity index (χ1n) is 8.55. The Kier molecular flexibility index (Phi) is 5.73. The van der Waals surface area contributed by atoms with Crippen LogP contribution in [0.4, 0.5) is 10.5 Å². The summed E-state index contributed by atoms with van der Waals surface area (Å²) in [6, 6.07) is 10.9. The number of hydrogen-bond donors (Lipinski definition) is 2. The summed E-state index contributed by atoms with van der Waals surface area (Å²) < 4.78 is 0. The Balaban J connectivity index is 1.60. The minimum absolute atomic E-state index is 0.191. The van der Waals surface area contributed by atoms with Gasteiger partial charge in [0, 0.05) is 26.1 Å². The lowest BCUT2D eigenvalue weighted by molar-refractivity contribution is -0.128. The molecule has 0 unspecified atom stereocenters. The molecule has 2 heterocycles. The number of pyridine rings is 1. The van der Waals surface area contributed by atoms with Gasteiger partial charge in [-0.3, -0.25) is 4.79 Å². The molecule has 0 bridgehead atoms. The van der Waals surface area contributed by atoms with Gasteiger partial charge in [0.25, 0.3) is 0 Å². The SMILES string of the molecule is Cc1nc(Cl)ccc1NC(=O)NCc1ccccc1CN1CCCC1=O. The van der Waals surface area contributed by atoms with E-state index in [1.54, 1.807) is 19.1 Å². The molecule has 1 fully saturated rings. The van der Waals surface area contributed by atoms with Crippen LogP contribution in [0.25, 0.3) is 0 Å². The molecule has 0 atom stereocenters. The van der Waals surface area contributed by atoms with Gasteiger partial charge in [-0.1, -0.05) is 35.9 Å². The first kappa shape index (κ1) is 18.2. The van der Waals surface area contributed by atoms with Crippen molar-refractivity contribution in [2.24, 2.45) is 0 Å². The fraction of sp³-hybridized carbons (Fsp3) is 0.316. The van der Waals surface area contributed by atoms with Crippen molar-refractivity contribution in [1.82, 2.24) is 15.2 Å². The van der Waals surface area contributed by atoms with Crippen LogP contribution < -0.4 is 10.6 Å². The number of nitrogens with one attached hydrogen (secondary N) is 2. The van der Waals surface area contributed by atoms with E-state index >= 15 is 0 Å². The number of amides is 3. The Labute approximate surface area is 157 Å². The number of rotatable bonds is 5. The summed E-state index contributed by atoms with van der Waals surface area (Å²) in [7, 11) is 0. The first-order valence-corrected chi connectivity index (χ1v) is 8.93. The van der Waals surface area contributed by atoms with E-state index in [1.165, 1.54) is 0 Å². The van der Waals surface area contributed by atoms with Gasteiger partial charge in [-0.2, -0.15) is 0 Å². The van der Waals surface area contributed by atoms with E-state index in [4.69, 9.17) is 11.6 Å². The monoisotopic (exact) mass is 372 g/mol. The molecule has 3 rings (SSSR count). The molecule has 6 nitrogen and oxygen atoms in total. The smallest absolute Gasteiger partial charge is 0.319 e. The zero-order valence-electron chi connectivity index (χ0n) is 14.6. The zero-order chi connectivity index (χ0) is 18.5. The van der Waals surface area contributed by atoms with Crippen molar-refractivity contribution in [2.75, 3.05) is 11.9 Å². The zero-order valence-corrected chi connectivity index (χ0v) is 15.3. The topological polar surface area (TPSA) is 74.3 Å². The Morgan fingerprint density at radius 1 is 1.23 bits per heavy atom. The Hall–Kier alpha value is -2.60. The van der Waals surface area contributed by atoms with Crippen LogP contribution in [0.3, 0.4) is 0 Å². The van der Waals surface area contributed by atoms with Gasteiger partial charge in [0.1, 0.15) is 5.15 Å². The van der Waals surface area contributed by atoms with E-state index in [9.17, 15) is 9.59 Å². The molecular weight excluding hydrogens is 352 g/mol. The Morgan fingerprint density at radius 3 is 2.69 bits per heavy atom. The second-order valence-electron chi connectivity index (χ2n) is 6.26. The quantitative estimate of drug-likeness (QED) is 0.789. The van der Waals surface area contributed by atoms with Crippen molar-refractivity contribution in [1.29, 1.82) is 0 Å². The third-order valence-electron chi connectivity index (χ3n) is 4.39. The van der Waals surface area contributed by atoms with Gasteiger partial charge < -0.3 is 15.5 Å². The van der Waals surface area contributed by atoms with Crippen LogP contribution in [0.1, 0.15) is 29.7 Å². The van der Waals surface area contributed by atoms with Crippen LogP contribution in [-0.2, 0) is 17.9 Å². The van der Waals surface area contributed by atoms with Gasteiger partial charge in [0.05, 0.1) is 11.4 Å². The van der Waals surface area contributed by atoms with Crippen molar-refractivity contribution in [3.63, 3.8) is 0 Å². The molecule has 26 heavy (non-hydrogen) atoms. The number of hydrogen-bond acceptors (Lipinski definition) is 3. The number of carbonyl (C=O) groups is 2. The molecule has 0 aliphatic carbocycles. The van der Waals surface area contributed by atoms with Crippen molar-refractivity contribution < 1.29 is 9.59 Å². The lowest BCUT2D eigenvalue weighted by Crippen LogP contribution is -2.30. The summed E-state index contributed by atoms with van der Waals surface area (Å²) in [6.45, 7) is 3.54. The molecule has 1 aromatic heterocycles. The van der Waals surface area contributed by atoms with Crippen LogP contribution in [0.2, 0.25) is 5.15 Å². The van der Waals surface area contributed by atoms with Gasteiger partial charge in [0.2, 0.25) is 5.91 Å². The highest BCUT2D eigenvalue weighted by Crippen LogP contribution is 2.18. The molecule has 0 spiro atoms. The van der Waals surface area contributed by atoms with E-state index in [1.807, 2.05) is 29.2 Å². The molecule has 0 saturated carbocycles. The summed E-state index contributed by atoms with van der Waals surface area (Å²) in [6.07, 6.45) is 1.54. The van der Waals surface area contributed by atoms with Crippen molar-refractivity contribution in [3.05, 3.63) is 58.4 Å². The summed E-state index contributed by atoms with van der Waals surface area (Å²) in [5.41, 5.74) is 3.31. The first-order chi connectivity index (χ1) is 12.5. The number of likely N-dealkylation sites (tertiary alicyclic amines) is 1. The van der Waals surface area contributed by atoms with E-state index in [0.29, 0.717) is 36.0 Å². The van der Waals surface area contributed by atoms with Crippen LogP contribution in [0, 0.1) is 6.92 Å². The molecule has 0 radical (unpaired) electrons. The maximum atomic E-state index is 12.2. The molecule has 1 aliphatic heterocycles. The van der Waals surface area contributed by atoms with E-state index in [0.717, 1.165) is 24.1 Å². The largest absolute Gasteiger partial charge is 0.338 e. The second-order valence-corrected chi connectivity index (χ2v) is 6.65. The Bertz CT molecular complexity index is 825. The molecule has 2 aromatic rings. The number of halogens is 1. The van der Waals surface area contributed by atoms with Crippen molar-refractivity contribution >= 4 is 29.2 Å². The van der Waals surface area contributed by atoms with Crippen molar-refractivity contribution in [3.8, 4) is 0 Å². The van der Waals surface area contributed by atoms with Gasteiger partial charge in [-0.15, -0.1) is 0 Å². The summed E-state index contributed by atoms with van der Waals surface area (Å²) in [4.78, 5) is 30.0. The Morgan fingerprint density at radius 2 is 2.00 bits per heavy atom. The molecule has 3 amide bonds. The fourth-order valence-corrected chi connectivity index (χ4v) is 3.16. The summed E-state index contributed by atoms with van der Waals surface area (Å²) >= 11 is 5.82. The highest BCUT2D eigenvalue weighted by atomic mass is 35.5. The van der Waals surface area contributed by atoms with Crippen molar-refractivity contribution in [2.45, 2.75) is 32.9 Å². The van der Waals surface area contributed by atoms with Crippen LogP contribution in [0.15, 0.2) is 36.4 Å². The number of anilines is 1. The van der Waals surface area contributed by atoms with Gasteiger partial charge in [0.15, 0.2) is 0 Å². The number of benzene rings is 1. The van der Waals surface area contributed by atoms with E-state index in [-0.39, 0.29) is 11.9 Å². The molecule has 7 heteroatoms. The molecular formula is C19H21ClN4O2. The average molecular weight is 373 g/mol. The number of urea groups is 1. The average Bonchev–Trinajstić information content (AvgIpc) is 3.01. The summed E-state index contributed by atoms with van der Waals surface area (Å²) in [5, 5.41) is 6.01. The van der Waals surface area contributed by atoms with Crippen LogP contribution in [-0.4, -0.2) is 28.4 Å². The molecule has 1 saturated heterocycles. The highest BCUT2D eigenvalue weighted by Gasteiger charge is 2.20. The standard InChI is InChI=1S/C19H21ClN4O2/c1-13-16(8-9-17(20)22-13)23-19(26)21-11-14-5-2-3-6-15(14)12-24-10-4-7-18(24)25/h2-3,5-6,8-9H,4,7,10-12H2,1H3,(H2,21,23,26). The van der Waals surface area contributed by atoms with Gasteiger partial charge in [-0.25, -0.2) is 9.78 Å². The van der Waals surface area contributed by atoms with Crippen LogP contribution >= 0.6 is 11.6 Å². The molecule has 1 aromatic carbocycles. The number of aromatic nitrogens is 1. The number of nitrogens with zero attached hydrogens (tertiary/aromatic N) is 2. The van der Waals surface area contributed by atoms with Gasteiger partial charge >= 0.3 is 6.03 Å². The second kappa shape index (κ2) is 8.19. The maximum absolute atomic E-state index is 12.2. The van der Waals surface area contributed by atoms with Crippen LogP contribution in [0.5, 0.6) is 0 Å². The normalized spacial score (nSPS) is 13.8. The summed E-state index contributed by atoms with van der Waals surface area (Å²) in [5.74, 6) is 0.191. The molecule has 2 N–H and O–H groups in total. The molecule has 1 aliphatic rings. The minimum Gasteiger partial charge on any atom is -0.338 e.